The van der Waals surface area contributed by atoms with Gasteiger partial charge in [-0.3, -0.25) is 19.5 Å². The van der Waals surface area contributed by atoms with Crippen LogP contribution in [0.3, 0.4) is 0 Å². The van der Waals surface area contributed by atoms with E-state index in [1.165, 1.54) is 24.3 Å². The molecule has 3 aromatic heterocycles. The number of carbonyl (C=O) groups excluding carboxylic acids is 2. The molecule has 1 aliphatic carbocycles. The van der Waals surface area contributed by atoms with Crippen molar-refractivity contribution in [3.63, 3.8) is 0 Å². The Morgan fingerprint density at radius 1 is 1.13 bits per heavy atom. The molecule has 1 aliphatic heterocycles. The van der Waals surface area contributed by atoms with E-state index in [4.69, 9.17) is 5.10 Å². The number of fused-ring (bicyclic) bond motifs is 3. The fourth-order valence-corrected chi connectivity index (χ4v) is 6.20. The van der Waals surface area contributed by atoms with Crippen LogP contribution in [0.5, 0.6) is 0 Å². The van der Waals surface area contributed by atoms with Gasteiger partial charge in [0.05, 0.1) is 28.5 Å². The van der Waals surface area contributed by atoms with Crippen LogP contribution >= 0.6 is 11.3 Å². The lowest BCUT2D eigenvalue weighted by Gasteiger charge is -2.16. The third-order valence-electron chi connectivity index (χ3n) is 6.75. The molecule has 4 heterocycles. The number of carbonyl (C=O) groups is 2. The summed E-state index contributed by atoms with van der Waals surface area (Å²) in [5.41, 5.74) is 4.80. The number of amides is 2. The van der Waals surface area contributed by atoms with Crippen molar-refractivity contribution in [2.75, 3.05) is 30.3 Å². The quantitative estimate of drug-likeness (QED) is 0.385. The van der Waals surface area contributed by atoms with Gasteiger partial charge < -0.3 is 10.6 Å². The Hall–Kier alpha value is -3.96. The van der Waals surface area contributed by atoms with Gasteiger partial charge >= 0.3 is 0 Å². The molecular formula is C27H26FN7O2S. The molecule has 2 N–H and O–H groups in total. The number of hydrogen-bond acceptors (Lipinski definition) is 7. The maximum atomic E-state index is 15.6. The number of pyridine rings is 1. The van der Waals surface area contributed by atoms with Gasteiger partial charge in [-0.05, 0) is 69.1 Å². The molecule has 0 bridgehead atoms. The Bertz CT molecular complexity index is 1530. The van der Waals surface area contributed by atoms with Crippen molar-refractivity contribution in [3.8, 4) is 27.5 Å². The van der Waals surface area contributed by atoms with E-state index in [-0.39, 0.29) is 17.5 Å². The Kier molecular flexibility index (Phi) is 6.46. The molecule has 2 amide bonds. The lowest BCUT2D eigenvalue weighted by Crippen LogP contribution is -2.30. The lowest BCUT2D eigenvalue weighted by molar-refractivity contribution is -0.117. The summed E-state index contributed by atoms with van der Waals surface area (Å²) in [6, 6.07) is 8.42. The average Bonchev–Trinajstić information content (AvgIpc) is 3.62. The molecular weight excluding hydrogens is 505 g/mol. The van der Waals surface area contributed by atoms with E-state index in [9.17, 15) is 9.59 Å². The van der Waals surface area contributed by atoms with Crippen molar-refractivity contribution in [3.05, 3.63) is 59.8 Å². The van der Waals surface area contributed by atoms with Crippen molar-refractivity contribution < 1.29 is 14.0 Å². The fraction of sp³-hybridized carbons (Fsp3) is 0.296. The Morgan fingerprint density at radius 2 is 1.97 bits per heavy atom. The van der Waals surface area contributed by atoms with Crippen molar-refractivity contribution in [1.29, 1.82) is 0 Å². The predicted octanol–water partition coefficient (Wildman–Crippen LogP) is 4.29. The standard InChI is InChI=1S/C27H26FN7O2S/c1-16(36)30-27-32-21-8-7-19-24(17-5-4-10-29-14-17)33-35(25(19)26(21)38-27)22-9-6-18(13-20(22)28)31-23(37)15-34-11-2-3-12-34/h4-6,9-10,13-14H,2-3,7-8,11-12,15H2,1H3,(H,31,37)(H,30,32,36). The second kappa shape index (κ2) is 10.1. The number of likely N-dealkylation sites (tertiary alicyclic amines) is 1. The molecule has 0 saturated carbocycles. The molecule has 38 heavy (non-hydrogen) atoms. The maximum Gasteiger partial charge on any atom is 0.238 e. The largest absolute Gasteiger partial charge is 0.325 e. The molecule has 9 nitrogen and oxygen atoms in total. The molecule has 0 atom stereocenters. The van der Waals surface area contributed by atoms with Gasteiger partial charge in [0.25, 0.3) is 0 Å². The van der Waals surface area contributed by atoms with Crippen LogP contribution < -0.4 is 10.6 Å². The van der Waals surface area contributed by atoms with Gasteiger partial charge in [-0.15, -0.1) is 0 Å². The zero-order valence-electron chi connectivity index (χ0n) is 20.8. The van der Waals surface area contributed by atoms with Crippen LogP contribution in [-0.4, -0.2) is 56.1 Å². The molecule has 0 unspecified atom stereocenters. The molecule has 1 fully saturated rings. The molecule has 1 aromatic carbocycles. The van der Waals surface area contributed by atoms with E-state index in [0.717, 1.165) is 59.0 Å². The van der Waals surface area contributed by atoms with Gasteiger partial charge in [0.2, 0.25) is 11.8 Å². The van der Waals surface area contributed by atoms with E-state index in [2.05, 4.69) is 25.5 Å². The van der Waals surface area contributed by atoms with Crippen molar-refractivity contribution in [1.82, 2.24) is 24.6 Å². The van der Waals surface area contributed by atoms with Crippen LogP contribution in [0.15, 0.2) is 42.7 Å². The minimum Gasteiger partial charge on any atom is -0.325 e. The zero-order chi connectivity index (χ0) is 26.2. The number of aryl methyl sites for hydroxylation is 1. The van der Waals surface area contributed by atoms with Gasteiger partial charge in [0, 0.05) is 36.1 Å². The minimum absolute atomic E-state index is 0.158. The lowest BCUT2D eigenvalue weighted by atomic mass is 9.95. The number of rotatable bonds is 6. The van der Waals surface area contributed by atoms with Gasteiger partial charge in [-0.25, -0.2) is 14.1 Å². The van der Waals surface area contributed by atoms with E-state index in [1.807, 2.05) is 12.1 Å². The number of thiazole rings is 1. The van der Waals surface area contributed by atoms with E-state index >= 15 is 4.39 Å². The third-order valence-corrected chi connectivity index (χ3v) is 7.77. The summed E-state index contributed by atoms with van der Waals surface area (Å²) in [5, 5.41) is 10.9. The van der Waals surface area contributed by atoms with Crippen LogP contribution in [0.4, 0.5) is 15.2 Å². The molecule has 194 valence electrons. The number of aromatic nitrogens is 4. The SMILES string of the molecule is CC(=O)Nc1nc2c(s1)-c1c(c(-c3cccnc3)nn1-c1ccc(NC(=O)CN3CCCC3)cc1F)CC2. The Labute approximate surface area is 222 Å². The van der Waals surface area contributed by atoms with Gasteiger partial charge in [-0.1, -0.05) is 11.3 Å². The zero-order valence-corrected chi connectivity index (χ0v) is 21.6. The summed E-state index contributed by atoms with van der Waals surface area (Å²) < 4.78 is 17.2. The van der Waals surface area contributed by atoms with Gasteiger partial charge in [0.15, 0.2) is 10.9 Å². The van der Waals surface area contributed by atoms with E-state index < -0.39 is 5.82 Å². The van der Waals surface area contributed by atoms with Crippen LogP contribution in [0.2, 0.25) is 0 Å². The molecule has 0 radical (unpaired) electrons. The summed E-state index contributed by atoms with van der Waals surface area (Å²) in [7, 11) is 0. The summed E-state index contributed by atoms with van der Waals surface area (Å²) in [5.74, 6) is -0.866. The highest BCUT2D eigenvalue weighted by molar-refractivity contribution is 7.19. The first-order valence-corrected chi connectivity index (χ1v) is 13.4. The van der Waals surface area contributed by atoms with Crippen LogP contribution in [-0.2, 0) is 22.4 Å². The summed E-state index contributed by atoms with van der Waals surface area (Å²) in [6.45, 7) is 3.56. The first-order chi connectivity index (χ1) is 18.5. The fourth-order valence-electron chi connectivity index (χ4n) is 5.08. The first kappa shape index (κ1) is 24.4. The van der Waals surface area contributed by atoms with Crippen molar-refractivity contribution in [2.45, 2.75) is 32.6 Å². The molecule has 6 rings (SSSR count). The minimum atomic E-state index is -0.509. The summed E-state index contributed by atoms with van der Waals surface area (Å²) >= 11 is 1.35. The van der Waals surface area contributed by atoms with Crippen molar-refractivity contribution >= 4 is 34.0 Å². The summed E-state index contributed by atoms with van der Waals surface area (Å²) in [4.78, 5) is 35.9. The maximum absolute atomic E-state index is 15.6. The number of nitrogens with one attached hydrogen (secondary N) is 2. The highest BCUT2D eigenvalue weighted by atomic mass is 32.1. The number of anilines is 2. The normalized spacial score (nSPS) is 14.7. The topological polar surface area (TPSA) is 105 Å². The predicted molar refractivity (Wildman–Crippen MR) is 144 cm³/mol. The van der Waals surface area contributed by atoms with Gasteiger partial charge in [0.1, 0.15) is 5.69 Å². The van der Waals surface area contributed by atoms with Crippen LogP contribution in [0, 0.1) is 5.82 Å². The molecule has 4 aromatic rings. The van der Waals surface area contributed by atoms with E-state index in [0.29, 0.717) is 30.2 Å². The second-order valence-electron chi connectivity index (χ2n) is 9.50. The first-order valence-electron chi connectivity index (χ1n) is 12.6. The van der Waals surface area contributed by atoms with E-state index in [1.54, 1.807) is 29.2 Å². The number of nitrogens with zero attached hydrogens (tertiary/aromatic N) is 5. The monoisotopic (exact) mass is 531 g/mol. The average molecular weight is 532 g/mol. The third kappa shape index (κ3) is 4.70. The highest BCUT2D eigenvalue weighted by Gasteiger charge is 2.30. The second-order valence-corrected chi connectivity index (χ2v) is 10.5. The summed E-state index contributed by atoms with van der Waals surface area (Å²) in [6.07, 6.45) is 6.99. The van der Waals surface area contributed by atoms with Crippen LogP contribution in [0.25, 0.3) is 27.5 Å². The Balaban J connectivity index is 1.39. The van der Waals surface area contributed by atoms with Crippen LogP contribution in [0.1, 0.15) is 31.0 Å². The molecule has 1 saturated heterocycles. The highest BCUT2D eigenvalue weighted by Crippen LogP contribution is 2.44. The van der Waals surface area contributed by atoms with Crippen molar-refractivity contribution in [2.24, 2.45) is 0 Å². The number of benzene rings is 1. The number of hydrogen-bond donors (Lipinski definition) is 2. The molecule has 11 heteroatoms. The van der Waals surface area contributed by atoms with Gasteiger partial charge in [-0.2, -0.15) is 5.10 Å². The number of halogens is 1. The Morgan fingerprint density at radius 3 is 2.71 bits per heavy atom. The molecule has 0 spiro atoms. The molecule has 2 aliphatic rings. The smallest absolute Gasteiger partial charge is 0.238 e.